The van der Waals surface area contributed by atoms with Crippen LogP contribution in [0.5, 0.6) is 0 Å². The molecule has 4 aromatic rings. The summed E-state index contributed by atoms with van der Waals surface area (Å²) < 4.78 is 7.53. The number of nitrogens with one attached hydrogen (secondary N) is 1. The summed E-state index contributed by atoms with van der Waals surface area (Å²) in [5, 5.41) is 10.3. The van der Waals surface area contributed by atoms with E-state index < -0.39 is 0 Å². The molecule has 0 aliphatic heterocycles. The second-order valence-corrected chi connectivity index (χ2v) is 8.82. The predicted octanol–water partition coefficient (Wildman–Crippen LogP) is 4.70. The van der Waals surface area contributed by atoms with Crippen LogP contribution < -0.4 is 5.32 Å². The number of carbonyl (C=O) groups excluding carboxylic acids is 1. The number of nitrogens with zero attached hydrogens (tertiary/aromatic N) is 3. The molecule has 160 valence electrons. The minimum atomic E-state index is -0.130. The second-order valence-electron chi connectivity index (χ2n) is 7.79. The number of aromatic nitrogens is 3. The standard InChI is InChI=1S/C24H26N4O2S/c1-16(2)30-15-19-7-4-6-18(11-19)12-25-24(29)21-10-17(3)27-23-22(21)13-26-28(23)14-20-8-5-9-31-20/h4-11,13,16H,12,14-15H2,1-3H3,(H,25,29). The fraction of sp³-hybridized carbons (Fsp3) is 0.292. The maximum Gasteiger partial charge on any atom is 0.252 e. The largest absolute Gasteiger partial charge is 0.374 e. The molecule has 0 unspecified atom stereocenters. The average molecular weight is 435 g/mol. The van der Waals surface area contributed by atoms with E-state index in [0.717, 1.165) is 27.9 Å². The van der Waals surface area contributed by atoms with E-state index in [0.29, 0.717) is 25.3 Å². The molecule has 4 rings (SSSR count). The van der Waals surface area contributed by atoms with Crippen molar-refractivity contribution in [2.75, 3.05) is 0 Å². The first-order valence-electron chi connectivity index (χ1n) is 10.3. The highest BCUT2D eigenvalue weighted by molar-refractivity contribution is 7.09. The van der Waals surface area contributed by atoms with Crippen molar-refractivity contribution in [3.63, 3.8) is 0 Å². The molecule has 6 nitrogen and oxygen atoms in total. The lowest BCUT2D eigenvalue weighted by Gasteiger charge is -2.10. The average Bonchev–Trinajstić information content (AvgIpc) is 3.41. The summed E-state index contributed by atoms with van der Waals surface area (Å²) in [6.45, 7) is 7.59. The van der Waals surface area contributed by atoms with E-state index in [9.17, 15) is 4.79 Å². The maximum atomic E-state index is 13.0. The van der Waals surface area contributed by atoms with E-state index in [2.05, 4.69) is 27.5 Å². The van der Waals surface area contributed by atoms with Crippen LogP contribution in [0.25, 0.3) is 11.0 Å². The van der Waals surface area contributed by atoms with Crippen LogP contribution in [0, 0.1) is 6.92 Å². The van der Waals surface area contributed by atoms with E-state index in [1.54, 1.807) is 17.5 Å². The third-order valence-electron chi connectivity index (χ3n) is 4.90. The van der Waals surface area contributed by atoms with E-state index in [1.165, 1.54) is 4.88 Å². The van der Waals surface area contributed by atoms with Gasteiger partial charge in [-0.15, -0.1) is 11.3 Å². The molecule has 7 heteroatoms. The summed E-state index contributed by atoms with van der Waals surface area (Å²) in [6.07, 6.45) is 1.91. The van der Waals surface area contributed by atoms with Crippen LogP contribution >= 0.6 is 11.3 Å². The van der Waals surface area contributed by atoms with Gasteiger partial charge in [0.15, 0.2) is 5.65 Å². The molecule has 0 bridgehead atoms. The summed E-state index contributed by atoms with van der Waals surface area (Å²) in [4.78, 5) is 18.8. The van der Waals surface area contributed by atoms with Gasteiger partial charge in [0, 0.05) is 17.1 Å². The Morgan fingerprint density at radius 2 is 2.03 bits per heavy atom. The fourth-order valence-electron chi connectivity index (χ4n) is 3.40. The number of hydrogen-bond acceptors (Lipinski definition) is 5. The number of thiophene rings is 1. The van der Waals surface area contributed by atoms with Crippen molar-refractivity contribution in [2.24, 2.45) is 0 Å². The number of ether oxygens (including phenoxy) is 1. The lowest BCUT2D eigenvalue weighted by atomic mass is 10.1. The normalized spacial score (nSPS) is 11.4. The maximum absolute atomic E-state index is 13.0. The zero-order valence-electron chi connectivity index (χ0n) is 18.0. The minimum Gasteiger partial charge on any atom is -0.374 e. The molecule has 0 saturated heterocycles. The molecule has 0 aliphatic carbocycles. The van der Waals surface area contributed by atoms with E-state index in [4.69, 9.17) is 4.74 Å². The Labute approximate surface area is 185 Å². The zero-order valence-corrected chi connectivity index (χ0v) is 18.8. The Balaban J connectivity index is 1.50. The van der Waals surface area contributed by atoms with Gasteiger partial charge in [-0.1, -0.05) is 30.3 Å². The molecule has 0 atom stereocenters. The number of rotatable bonds is 8. The molecule has 0 spiro atoms. The highest BCUT2D eigenvalue weighted by Crippen LogP contribution is 2.20. The summed E-state index contributed by atoms with van der Waals surface area (Å²) in [5.41, 5.74) is 4.25. The fourth-order valence-corrected chi connectivity index (χ4v) is 4.08. The van der Waals surface area contributed by atoms with Crippen molar-refractivity contribution < 1.29 is 9.53 Å². The third-order valence-corrected chi connectivity index (χ3v) is 5.76. The van der Waals surface area contributed by atoms with E-state index in [1.807, 2.05) is 61.2 Å². The molecule has 0 fully saturated rings. The monoisotopic (exact) mass is 434 g/mol. The quantitative estimate of drug-likeness (QED) is 0.436. The first kappa shape index (κ1) is 21.2. The molecule has 0 aliphatic rings. The summed E-state index contributed by atoms with van der Waals surface area (Å²) in [7, 11) is 0. The number of carbonyl (C=O) groups is 1. The van der Waals surface area contributed by atoms with Gasteiger partial charge in [-0.2, -0.15) is 5.10 Å². The van der Waals surface area contributed by atoms with Gasteiger partial charge in [-0.25, -0.2) is 9.67 Å². The Hall–Kier alpha value is -3.03. The van der Waals surface area contributed by atoms with Crippen molar-refractivity contribution in [3.05, 3.63) is 81.3 Å². The molecule has 3 aromatic heterocycles. The molecule has 1 aromatic carbocycles. The van der Waals surface area contributed by atoms with Gasteiger partial charge in [0.1, 0.15) is 0 Å². The van der Waals surface area contributed by atoms with Gasteiger partial charge in [0.05, 0.1) is 36.4 Å². The molecule has 0 radical (unpaired) electrons. The van der Waals surface area contributed by atoms with Crippen molar-refractivity contribution in [1.29, 1.82) is 0 Å². The smallest absolute Gasteiger partial charge is 0.252 e. The van der Waals surface area contributed by atoms with E-state index >= 15 is 0 Å². The highest BCUT2D eigenvalue weighted by Gasteiger charge is 2.16. The van der Waals surface area contributed by atoms with Crippen molar-refractivity contribution >= 4 is 28.3 Å². The number of fused-ring (bicyclic) bond motifs is 1. The van der Waals surface area contributed by atoms with Crippen molar-refractivity contribution in [3.8, 4) is 0 Å². The molecular weight excluding hydrogens is 408 g/mol. The topological polar surface area (TPSA) is 69.0 Å². The number of pyridine rings is 1. The Morgan fingerprint density at radius 3 is 2.81 bits per heavy atom. The van der Waals surface area contributed by atoms with Crippen LogP contribution in [0.1, 0.15) is 45.9 Å². The van der Waals surface area contributed by atoms with Crippen molar-refractivity contribution in [1.82, 2.24) is 20.1 Å². The van der Waals surface area contributed by atoms with Crippen LogP contribution in [-0.2, 0) is 24.4 Å². The van der Waals surface area contributed by atoms with Gasteiger partial charge < -0.3 is 10.1 Å². The SMILES string of the molecule is Cc1cc(C(=O)NCc2cccc(COC(C)C)c2)c2cnn(Cc3cccs3)c2n1. The van der Waals surface area contributed by atoms with Gasteiger partial charge in [0.2, 0.25) is 0 Å². The Bertz CT molecular complexity index is 1180. The van der Waals surface area contributed by atoms with Gasteiger partial charge in [0.25, 0.3) is 5.91 Å². The highest BCUT2D eigenvalue weighted by atomic mass is 32.1. The molecule has 0 saturated carbocycles. The summed E-state index contributed by atoms with van der Waals surface area (Å²) in [5.74, 6) is -0.130. The number of amides is 1. The summed E-state index contributed by atoms with van der Waals surface area (Å²) >= 11 is 1.68. The number of benzene rings is 1. The van der Waals surface area contributed by atoms with Crippen LogP contribution in [0.4, 0.5) is 0 Å². The lowest BCUT2D eigenvalue weighted by Crippen LogP contribution is -2.23. The minimum absolute atomic E-state index is 0.130. The Kier molecular flexibility index (Phi) is 6.44. The van der Waals surface area contributed by atoms with Crippen molar-refractivity contribution in [2.45, 2.75) is 46.6 Å². The van der Waals surface area contributed by atoms with Crippen LogP contribution in [0.15, 0.2) is 54.0 Å². The first-order chi connectivity index (χ1) is 15.0. The molecule has 31 heavy (non-hydrogen) atoms. The number of aryl methyl sites for hydroxylation is 1. The first-order valence-corrected chi connectivity index (χ1v) is 11.2. The lowest BCUT2D eigenvalue weighted by molar-refractivity contribution is 0.0657. The van der Waals surface area contributed by atoms with Crippen LogP contribution in [0.2, 0.25) is 0 Å². The van der Waals surface area contributed by atoms with E-state index in [-0.39, 0.29) is 12.0 Å². The number of hydrogen-bond donors (Lipinski definition) is 1. The van der Waals surface area contributed by atoms with Crippen LogP contribution in [-0.4, -0.2) is 26.8 Å². The Morgan fingerprint density at radius 1 is 1.19 bits per heavy atom. The van der Waals surface area contributed by atoms with Gasteiger partial charge in [-0.3, -0.25) is 4.79 Å². The van der Waals surface area contributed by atoms with Gasteiger partial charge >= 0.3 is 0 Å². The molecule has 3 heterocycles. The van der Waals surface area contributed by atoms with Crippen LogP contribution in [0.3, 0.4) is 0 Å². The molecule has 1 N–H and O–H groups in total. The van der Waals surface area contributed by atoms with Gasteiger partial charge in [-0.05, 0) is 49.4 Å². The predicted molar refractivity (Wildman–Crippen MR) is 123 cm³/mol. The second kappa shape index (κ2) is 9.41. The molecular formula is C24H26N4O2S. The third kappa shape index (κ3) is 5.18. The molecule has 1 amide bonds. The zero-order chi connectivity index (χ0) is 21.8. The summed E-state index contributed by atoms with van der Waals surface area (Å²) in [6, 6.07) is 14.0.